The molecule has 0 aliphatic heterocycles. The quantitative estimate of drug-likeness (QED) is 0.0539. The number of Topliss-reactive ketones (excluding diaryl/α,β-unsaturated/α-hetero) is 1. The van der Waals surface area contributed by atoms with Crippen molar-refractivity contribution < 1.29 is 90.2 Å². The summed E-state index contributed by atoms with van der Waals surface area (Å²) >= 11 is 0. The first-order valence-electron chi connectivity index (χ1n) is 40.5. The Morgan fingerprint density at radius 2 is 0.547 bits per heavy atom. The summed E-state index contributed by atoms with van der Waals surface area (Å²) < 4.78 is 81.7. The Balaban J connectivity index is -0.000000407. The first kappa shape index (κ1) is 112. The molecule has 0 aromatic carbocycles. The number of amides is 3. The van der Waals surface area contributed by atoms with Crippen LogP contribution in [-0.2, 0) is 90.2 Å². The predicted molar refractivity (Wildman–Crippen MR) is 433 cm³/mol. The molecule has 3 amide bonds. The molecule has 0 aromatic rings. The largest absolute Gasteiger partial charge is 0.379 e. The van der Waals surface area contributed by atoms with Crippen molar-refractivity contribution in [3.63, 3.8) is 0 Å². The summed E-state index contributed by atoms with van der Waals surface area (Å²) in [6.07, 6.45) is 12.2. The Bertz CT molecular complexity index is 1910. The van der Waals surface area contributed by atoms with Crippen LogP contribution in [0, 0.1) is 44.3 Å². The number of ether oxygens (including phenoxy) is 15. The van der Waals surface area contributed by atoms with Gasteiger partial charge in [0.15, 0.2) is 0 Å². The van der Waals surface area contributed by atoms with E-state index in [2.05, 4.69) is 142 Å². The molecule has 0 saturated carbocycles. The van der Waals surface area contributed by atoms with Gasteiger partial charge in [0.25, 0.3) is 0 Å². The van der Waals surface area contributed by atoms with Crippen molar-refractivity contribution >= 4 is 23.5 Å². The molecule has 0 unspecified atom stereocenters. The van der Waals surface area contributed by atoms with Gasteiger partial charge >= 0.3 is 0 Å². The van der Waals surface area contributed by atoms with Gasteiger partial charge in [-0.1, -0.05) is 172 Å². The summed E-state index contributed by atoms with van der Waals surface area (Å²) in [5.41, 5.74) is 1.89. The average molecular weight is 1530 g/mol. The lowest BCUT2D eigenvalue weighted by Gasteiger charge is -2.19. The minimum absolute atomic E-state index is 0.0252. The van der Waals surface area contributed by atoms with Crippen molar-refractivity contribution in [3.8, 4) is 0 Å². The van der Waals surface area contributed by atoms with Crippen LogP contribution < -0.4 is 10.6 Å². The van der Waals surface area contributed by atoms with Crippen molar-refractivity contribution in [2.45, 2.75) is 263 Å². The molecular formula is C84H173N3O19. The minimum Gasteiger partial charge on any atom is -0.379 e. The van der Waals surface area contributed by atoms with E-state index in [1.165, 1.54) is 19.3 Å². The SMILES string of the molecule is CC(C)(C)CCNC(=O)CCOCCOCCOCCOCCC(C)(C)C.CC(C)C(=O)CCCOCCOCCOCCC(C)(C)C.CC(C)C(=O)N(C)CCOCCOCCOCCOCCC(C)(C)C.CC(C)NC(=O)CCOCCOCCC(C)(C)C.CCCCCOCCOCCC(C)(C)C. The molecule has 0 rings (SSSR count). The third-order valence-corrected chi connectivity index (χ3v) is 15.0. The molecule has 106 heavy (non-hydrogen) atoms. The molecule has 0 aliphatic carbocycles. The number of ketones is 1. The highest BCUT2D eigenvalue weighted by atomic mass is 16.6. The monoisotopic (exact) mass is 1530 g/mol. The van der Waals surface area contributed by atoms with E-state index in [1.807, 2.05) is 41.5 Å². The maximum atomic E-state index is 11.7. The smallest absolute Gasteiger partial charge is 0.224 e. The van der Waals surface area contributed by atoms with Crippen LogP contribution in [0.25, 0.3) is 0 Å². The molecule has 0 spiro atoms. The third kappa shape index (κ3) is 110. The number of rotatable bonds is 62. The summed E-state index contributed by atoms with van der Waals surface area (Å²) in [5, 5.41) is 5.73. The zero-order valence-corrected chi connectivity index (χ0v) is 73.8. The number of carbonyl (C=O) groups excluding carboxylic acids is 4. The van der Waals surface area contributed by atoms with Crippen LogP contribution in [0.3, 0.4) is 0 Å². The van der Waals surface area contributed by atoms with Crippen molar-refractivity contribution in [1.82, 2.24) is 15.5 Å². The molecule has 0 heterocycles. The van der Waals surface area contributed by atoms with Gasteiger partial charge in [-0.3, -0.25) is 19.2 Å². The van der Waals surface area contributed by atoms with Gasteiger partial charge < -0.3 is 86.6 Å². The van der Waals surface area contributed by atoms with Crippen LogP contribution in [0.1, 0.15) is 257 Å². The molecule has 22 heteroatoms. The number of carbonyl (C=O) groups is 4. The second-order valence-electron chi connectivity index (χ2n) is 35.0. The van der Waals surface area contributed by atoms with Gasteiger partial charge in [0.05, 0.1) is 152 Å². The molecule has 0 aromatic heterocycles. The van der Waals surface area contributed by atoms with Crippen molar-refractivity contribution in [2.75, 3.05) is 218 Å². The van der Waals surface area contributed by atoms with Gasteiger partial charge in [-0.25, -0.2) is 0 Å². The highest BCUT2D eigenvalue weighted by Gasteiger charge is 2.16. The average Bonchev–Trinajstić information content (AvgIpc) is 0.957. The fourth-order valence-corrected chi connectivity index (χ4v) is 7.83. The number of hydrogen-bond donors (Lipinski definition) is 2. The molecule has 638 valence electrons. The number of nitrogens with one attached hydrogen (secondary N) is 2. The maximum Gasteiger partial charge on any atom is 0.224 e. The minimum atomic E-state index is 0.0252. The number of unbranched alkanes of at least 4 members (excludes halogenated alkanes) is 2. The third-order valence-electron chi connectivity index (χ3n) is 15.0. The highest BCUT2D eigenvalue weighted by Crippen LogP contribution is 2.21. The predicted octanol–water partition coefficient (Wildman–Crippen LogP) is 15.5. The summed E-state index contributed by atoms with van der Waals surface area (Å²) in [6, 6.07) is 0.193. The van der Waals surface area contributed by atoms with Crippen LogP contribution in [0.5, 0.6) is 0 Å². The van der Waals surface area contributed by atoms with E-state index in [0.717, 1.165) is 97.8 Å². The first-order chi connectivity index (χ1) is 49.5. The fraction of sp³-hybridized carbons (Fsp3) is 0.952. The summed E-state index contributed by atoms with van der Waals surface area (Å²) in [6.45, 7) is 73.3. The van der Waals surface area contributed by atoms with Crippen LogP contribution in [0.15, 0.2) is 0 Å². The number of nitrogens with zero attached hydrogens (tertiary/aromatic N) is 1. The summed E-state index contributed by atoms with van der Waals surface area (Å²) in [5.74, 6) is 0.683. The van der Waals surface area contributed by atoms with E-state index in [1.54, 1.807) is 11.9 Å². The molecule has 0 aliphatic rings. The van der Waals surface area contributed by atoms with Gasteiger partial charge in [0, 0.05) is 104 Å². The van der Waals surface area contributed by atoms with E-state index in [4.69, 9.17) is 71.1 Å². The van der Waals surface area contributed by atoms with E-state index in [-0.39, 0.29) is 41.0 Å². The lowest BCUT2D eigenvalue weighted by molar-refractivity contribution is -0.134. The fourth-order valence-electron chi connectivity index (χ4n) is 7.83. The molecule has 2 N–H and O–H groups in total. The molecule has 0 saturated heterocycles. The van der Waals surface area contributed by atoms with Gasteiger partial charge in [-0.05, 0) is 97.7 Å². The van der Waals surface area contributed by atoms with E-state index in [9.17, 15) is 19.2 Å². The highest BCUT2D eigenvalue weighted by molar-refractivity contribution is 5.80. The lowest BCUT2D eigenvalue weighted by Crippen LogP contribution is -2.33. The zero-order chi connectivity index (χ0) is 81.5. The van der Waals surface area contributed by atoms with E-state index >= 15 is 0 Å². The summed E-state index contributed by atoms with van der Waals surface area (Å²) in [7, 11) is 1.80. The molecule has 0 bridgehead atoms. The molecule has 22 nitrogen and oxygen atoms in total. The first-order valence-corrected chi connectivity index (χ1v) is 40.5. The Morgan fingerprint density at radius 1 is 0.292 bits per heavy atom. The van der Waals surface area contributed by atoms with Crippen LogP contribution in [-0.4, -0.2) is 253 Å². The van der Waals surface area contributed by atoms with Crippen LogP contribution in [0.2, 0.25) is 0 Å². The van der Waals surface area contributed by atoms with Crippen molar-refractivity contribution in [2.24, 2.45) is 44.3 Å². The van der Waals surface area contributed by atoms with Gasteiger partial charge in [0.2, 0.25) is 17.7 Å². The van der Waals surface area contributed by atoms with Gasteiger partial charge in [0.1, 0.15) is 5.78 Å². The summed E-state index contributed by atoms with van der Waals surface area (Å²) in [4.78, 5) is 47.6. The Labute approximate surface area is 651 Å². The molecule has 0 atom stereocenters. The van der Waals surface area contributed by atoms with E-state index < -0.39 is 0 Å². The second-order valence-corrected chi connectivity index (χ2v) is 35.0. The maximum absolute atomic E-state index is 11.7. The molecule has 0 radical (unpaired) electrons. The van der Waals surface area contributed by atoms with E-state index in [0.29, 0.717) is 211 Å². The zero-order valence-electron chi connectivity index (χ0n) is 73.8. The van der Waals surface area contributed by atoms with Gasteiger partial charge in [-0.2, -0.15) is 0 Å². The number of likely N-dealkylation sites (N-methyl/N-ethyl adjacent to an activating group) is 1. The van der Waals surface area contributed by atoms with Crippen molar-refractivity contribution in [1.29, 1.82) is 0 Å². The van der Waals surface area contributed by atoms with Gasteiger partial charge in [-0.15, -0.1) is 0 Å². The van der Waals surface area contributed by atoms with Crippen molar-refractivity contribution in [3.05, 3.63) is 0 Å². The Kier molecular flexibility index (Phi) is 78.2. The molecular weight excluding hydrogens is 1350 g/mol. The Hall–Kier alpha value is -2.52. The van der Waals surface area contributed by atoms with Crippen LogP contribution >= 0.6 is 0 Å². The number of hydrogen-bond acceptors (Lipinski definition) is 19. The van der Waals surface area contributed by atoms with Crippen LogP contribution in [0.4, 0.5) is 0 Å². The topological polar surface area (TPSA) is 234 Å². The normalized spacial score (nSPS) is 12.1. The lowest BCUT2D eigenvalue weighted by atomic mass is 9.92. The second kappa shape index (κ2) is 73.9. The molecule has 0 fully saturated rings. The standard InChI is InChI=1S/C21H43NO5.C19H39NO5.C17H34O4.C14H29NO3.C13H28O2/c1-20(2,3)8-10-22-19(23)7-11-24-13-15-26-17-18-27-16-14-25-12-9-21(4,5)6;1-17(2)18(21)20(6)8-10-23-12-14-25-16-15-24-13-11-22-9-7-19(3,4)5;1-15(2)16(18)7-6-9-19-11-13-21-14-12-20-10-8-17(3,4)5;1-12(2)15-13(16)6-8-17-10-11-18-9-7-14(3,4)5;1-5-6-7-9-14-11-12-15-10-8-13(2,3)4/h7-18H2,1-6H3,(H,22,23);17H,7-16H2,1-6H3;15H,6-14H2,1-5H3;12H,6-11H2,1-5H3,(H,15,16);5-12H2,1-4H3. The Morgan fingerprint density at radius 3 is 0.811 bits per heavy atom.